The summed E-state index contributed by atoms with van der Waals surface area (Å²) in [5, 5.41) is 1.80. The van der Waals surface area contributed by atoms with Crippen molar-refractivity contribution in [2.45, 2.75) is 6.92 Å². The van der Waals surface area contributed by atoms with E-state index in [1.165, 1.54) is 5.56 Å². The van der Waals surface area contributed by atoms with Crippen LogP contribution in [0.2, 0.25) is 0 Å². The standard InChI is InChI=1S/C20H18NOP/c1-15-12-13-19-18(14-15)17-10-6-7-11-20(17)23(22,21(19)2)16-8-4-3-5-9-16/h3-14H,1-2H3. The molecule has 0 fully saturated rings. The summed E-state index contributed by atoms with van der Waals surface area (Å²) < 4.78 is 16.1. The number of nitrogens with zero attached hydrogens (tertiary/aromatic N) is 1. The fraction of sp³-hybridized carbons (Fsp3) is 0.100. The van der Waals surface area contributed by atoms with Gasteiger partial charge in [-0.3, -0.25) is 4.57 Å². The van der Waals surface area contributed by atoms with Crippen LogP contribution in [0.15, 0.2) is 72.8 Å². The molecular weight excluding hydrogens is 301 g/mol. The van der Waals surface area contributed by atoms with E-state index >= 15 is 0 Å². The smallest absolute Gasteiger partial charge is 0.230 e. The third-order valence-electron chi connectivity index (χ3n) is 4.55. The Morgan fingerprint density at radius 2 is 1.52 bits per heavy atom. The highest BCUT2D eigenvalue weighted by atomic mass is 31.2. The first-order chi connectivity index (χ1) is 11.1. The highest BCUT2D eigenvalue weighted by Crippen LogP contribution is 2.56. The number of hydrogen-bond acceptors (Lipinski definition) is 1. The molecule has 0 spiro atoms. The fourth-order valence-electron chi connectivity index (χ4n) is 3.37. The third kappa shape index (κ3) is 1.99. The third-order valence-corrected chi connectivity index (χ3v) is 7.65. The molecule has 4 rings (SSSR count). The van der Waals surface area contributed by atoms with Gasteiger partial charge in [-0.1, -0.05) is 48.0 Å². The summed E-state index contributed by atoms with van der Waals surface area (Å²) in [6.07, 6.45) is 0. The van der Waals surface area contributed by atoms with Gasteiger partial charge in [-0.25, -0.2) is 0 Å². The van der Waals surface area contributed by atoms with Crippen LogP contribution in [0.25, 0.3) is 11.1 Å². The maximum absolute atomic E-state index is 14.2. The van der Waals surface area contributed by atoms with Crippen LogP contribution in [0.3, 0.4) is 0 Å². The average molecular weight is 319 g/mol. The van der Waals surface area contributed by atoms with Crippen LogP contribution in [0.1, 0.15) is 5.56 Å². The van der Waals surface area contributed by atoms with Crippen molar-refractivity contribution >= 4 is 23.6 Å². The van der Waals surface area contributed by atoms with Crippen LogP contribution in [-0.4, -0.2) is 7.05 Å². The number of benzene rings is 3. The van der Waals surface area contributed by atoms with Crippen molar-refractivity contribution in [2.24, 2.45) is 0 Å². The summed E-state index contributed by atoms with van der Waals surface area (Å²) in [5.74, 6) is 0. The summed E-state index contributed by atoms with van der Waals surface area (Å²) in [6, 6.07) is 24.2. The van der Waals surface area contributed by atoms with Crippen molar-refractivity contribution in [3.8, 4) is 11.1 Å². The molecule has 1 aliphatic rings. The molecule has 1 heterocycles. The molecular formula is C20H18NOP. The molecule has 0 saturated carbocycles. The van der Waals surface area contributed by atoms with Gasteiger partial charge in [0.05, 0.1) is 5.69 Å². The molecule has 0 amide bonds. The van der Waals surface area contributed by atoms with E-state index in [9.17, 15) is 4.57 Å². The summed E-state index contributed by atoms with van der Waals surface area (Å²) in [7, 11) is -0.919. The van der Waals surface area contributed by atoms with E-state index in [4.69, 9.17) is 0 Å². The van der Waals surface area contributed by atoms with Crippen LogP contribution < -0.4 is 15.3 Å². The summed E-state index contributed by atoms with van der Waals surface area (Å²) >= 11 is 0. The molecule has 23 heavy (non-hydrogen) atoms. The molecule has 3 aromatic rings. The van der Waals surface area contributed by atoms with Gasteiger partial charge in [-0.15, -0.1) is 0 Å². The Kier molecular flexibility index (Phi) is 3.18. The summed E-state index contributed by atoms with van der Waals surface area (Å²) in [6.45, 7) is 2.09. The molecule has 0 aromatic heterocycles. The Balaban J connectivity index is 2.08. The highest BCUT2D eigenvalue weighted by Gasteiger charge is 2.39. The summed E-state index contributed by atoms with van der Waals surface area (Å²) in [4.78, 5) is 0. The van der Waals surface area contributed by atoms with Crippen LogP contribution in [0.4, 0.5) is 5.69 Å². The molecule has 0 aliphatic carbocycles. The average Bonchev–Trinajstić information content (AvgIpc) is 2.60. The maximum Gasteiger partial charge on any atom is 0.230 e. The van der Waals surface area contributed by atoms with Crippen molar-refractivity contribution in [2.75, 3.05) is 11.7 Å². The van der Waals surface area contributed by atoms with Gasteiger partial charge in [0.25, 0.3) is 0 Å². The number of anilines is 1. The normalized spacial score (nSPS) is 19.1. The SMILES string of the molecule is Cc1ccc2c(c1)-c1ccccc1P(=O)(c1ccccc1)N2C. The molecule has 3 aromatic carbocycles. The lowest BCUT2D eigenvalue weighted by Crippen LogP contribution is -2.33. The lowest BCUT2D eigenvalue weighted by atomic mass is 10.0. The fourth-order valence-corrected chi connectivity index (χ4v) is 6.18. The topological polar surface area (TPSA) is 20.3 Å². The van der Waals surface area contributed by atoms with E-state index in [1.54, 1.807) is 0 Å². The molecule has 1 aliphatic heterocycles. The lowest BCUT2D eigenvalue weighted by Gasteiger charge is -2.37. The second-order valence-corrected chi connectivity index (χ2v) is 8.72. The monoisotopic (exact) mass is 319 g/mol. The molecule has 0 radical (unpaired) electrons. The molecule has 1 atom stereocenters. The van der Waals surface area contributed by atoms with Gasteiger partial charge in [0.2, 0.25) is 7.29 Å². The first-order valence-corrected chi connectivity index (χ1v) is 9.39. The Morgan fingerprint density at radius 1 is 0.826 bits per heavy atom. The predicted molar refractivity (Wildman–Crippen MR) is 98.3 cm³/mol. The first-order valence-electron chi connectivity index (χ1n) is 7.73. The number of hydrogen-bond donors (Lipinski definition) is 0. The second kappa shape index (κ2) is 5.11. The lowest BCUT2D eigenvalue weighted by molar-refractivity contribution is 0.586. The van der Waals surface area contributed by atoms with Crippen LogP contribution in [-0.2, 0) is 4.57 Å². The molecule has 2 nitrogen and oxygen atoms in total. The second-order valence-electron chi connectivity index (χ2n) is 5.97. The largest absolute Gasteiger partial charge is 0.318 e. The Hall–Kier alpha value is -2.31. The van der Waals surface area contributed by atoms with Crippen molar-refractivity contribution in [1.29, 1.82) is 0 Å². The minimum Gasteiger partial charge on any atom is -0.318 e. The van der Waals surface area contributed by atoms with Gasteiger partial charge in [0.1, 0.15) is 0 Å². The predicted octanol–water partition coefficient (Wildman–Crippen LogP) is 4.34. The zero-order valence-electron chi connectivity index (χ0n) is 13.2. The van der Waals surface area contributed by atoms with Gasteiger partial charge < -0.3 is 4.67 Å². The Morgan fingerprint density at radius 3 is 2.30 bits per heavy atom. The molecule has 0 saturated heterocycles. The van der Waals surface area contributed by atoms with E-state index < -0.39 is 7.29 Å². The van der Waals surface area contributed by atoms with Gasteiger partial charge in [-0.05, 0) is 42.8 Å². The van der Waals surface area contributed by atoms with Gasteiger partial charge in [0.15, 0.2) is 0 Å². The molecule has 0 bridgehead atoms. The van der Waals surface area contributed by atoms with Crippen LogP contribution in [0.5, 0.6) is 0 Å². The first kappa shape index (κ1) is 14.3. The summed E-state index contributed by atoms with van der Waals surface area (Å²) in [5.41, 5.74) is 4.48. The highest BCUT2D eigenvalue weighted by molar-refractivity contribution is 7.80. The molecule has 1 unspecified atom stereocenters. The van der Waals surface area contributed by atoms with Gasteiger partial charge >= 0.3 is 0 Å². The number of aryl methyl sites for hydroxylation is 1. The van der Waals surface area contributed by atoms with Crippen molar-refractivity contribution in [3.63, 3.8) is 0 Å². The Labute approximate surface area is 136 Å². The van der Waals surface area contributed by atoms with Gasteiger partial charge in [0, 0.05) is 23.2 Å². The zero-order chi connectivity index (χ0) is 16.0. The van der Waals surface area contributed by atoms with Crippen LogP contribution in [0, 0.1) is 6.92 Å². The number of rotatable bonds is 1. The van der Waals surface area contributed by atoms with Gasteiger partial charge in [-0.2, -0.15) is 0 Å². The van der Waals surface area contributed by atoms with Crippen molar-refractivity contribution in [1.82, 2.24) is 0 Å². The van der Waals surface area contributed by atoms with E-state index in [0.29, 0.717) is 0 Å². The Bertz CT molecular complexity index is 933. The van der Waals surface area contributed by atoms with E-state index in [0.717, 1.165) is 27.4 Å². The molecule has 114 valence electrons. The number of fused-ring (bicyclic) bond motifs is 3. The van der Waals surface area contributed by atoms with E-state index in [1.807, 2.05) is 60.2 Å². The zero-order valence-corrected chi connectivity index (χ0v) is 14.1. The van der Waals surface area contributed by atoms with Crippen molar-refractivity contribution in [3.05, 3.63) is 78.4 Å². The van der Waals surface area contributed by atoms with Crippen molar-refractivity contribution < 1.29 is 4.57 Å². The van der Waals surface area contributed by atoms with E-state index in [-0.39, 0.29) is 0 Å². The van der Waals surface area contributed by atoms with E-state index in [2.05, 4.69) is 31.2 Å². The molecule has 3 heteroatoms. The molecule has 0 N–H and O–H groups in total. The van der Waals surface area contributed by atoms with Crippen LogP contribution >= 0.6 is 7.29 Å². The minimum absolute atomic E-state index is 0.876. The minimum atomic E-state index is -2.86. The maximum atomic E-state index is 14.2. The quantitative estimate of drug-likeness (QED) is 0.622.